The number of hydrogen-bond acceptors (Lipinski definition) is 2. The molecule has 0 unspecified atom stereocenters. The summed E-state index contributed by atoms with van der Waals surface area (Å²) in [6, 6.07) is 21.4. The summed E-state index contributed by atoms with van der Waals surface area (Å²) in [5.74, 6) is 0.563. The maximum Gasteiger partial charge on any atom is 0.115 e. The highest BCUT2D eigenvalue weighted by Crippen LogP contribution is 2.36. The lowest BCUT2D eigenvalue weighted by atomic mass is 9.76. The molecule has 0 aromatic heterocycles. The van der Waals surface area contributed by atoms with Crippen molar-refractivity contribution in [3.05, 3.63) is 83.4 Å². The van der Waals surface area contributed by atoms with E-state index in [2.05, 4.69) is 39.0 Å². The fraction of sp³-hybridized carbons (Fsp3) is 0.217. The van der Waals surface area contributed by atoms with Crippen molar-refractivity contribution in [1.29, 1.82) is 0 Å². The van der Waals surface area contributed by atoms with E-state index in [4.69, 9.17) is 0 Å². The predicted octanol–water partition coefficient (Wildman–Crippen LogP) is 5.65. The lowest BCUT2D eigenvalue weighted by Crippen LogP contribution is -2.19. The summed E-state index contributed by atoms with van der Waals surface area (Å²) in [5, 5.41) is 19.1. The SMILES string of the molecule is CCc1ccc(C(C)(C)c2ccc(O)cc2)cc1-c1ccc(O)cc1. The molecule has 128 valence electrons. The Bertz CT molecular complexity index is 860. The Morgan fingerprint density at radius 2 is 1.24 bits per heavy atom. The Kier molecular flexibility index (Phi) is 4.54. The molecule has 0 atom stereocenters. The maximum absolute atomic E-state index is 9.56. The zero-order chi connectivity index (χ0) is 18.0. The molecule has 0 radical (unpaired) electrons. The molecule has 0 bridgehead atoms. The van der Waals surface area contributed by atoms with Crippen LogP contribution in [0.1, 0.15) is 37.5 Å². The summed E-state index contributed by atoms with van der Waals surface area (Å²) in [6.45, 7) is 6.55. The van der Waals surface area contributed by atoms with Crippen LogP contribution in [0.3, 0.4) is 0 Å². The first-order valence-electron chi connectivity index (χ1n) is 8.64. The first-order chi connectivity index (χ1) is 11.9. The minimum atomic E-state index is -0.175. The first-order valence-corrected chi connectivity index (χ1v) is 8.64. The van der Waals surface area contributed by atoms with Crippen molar-refractivity contribution in [2.45, 2.75) is 32.6 Å². The Morgan fingerprint density at radius 3 is 1.80 bits per heavy atom. The second-order valence-electron chi connectivity index (χ2n) is 6.94. The van der Waals surface area contributed by atoms with E-state index in [0.717, 1.165) is 17.5 Å². The Morgan fingerprint density at radius 1 is 0.720 bits per heavy atom. The molecular weight excluding hydrogens is 308 g/mol. The van der Waals surface area contributed by atoms with Crippen LogP contribution in [0.15, 0.2) is 66.7 Å². The van der Waals surface area contributed by atoms with Crippen molar-refractivity contribution in [2.24, 2.45) is 0 Å². The molecular formula is C23H24O2. The Balaban J connectivity index is 2.09. The van der Waals surface area contributed by atoms with E-state index >= 15 is 0 Å². The van der Waals surface area contributed by atoms with E-state index in [0.29, 0.717) is 0 Å². The van der Waals surface area contributed by atoms with Crippen LogP contribution in [0.5, 0.6) is 11.5 Å². The van der Waals surface area contributed by atoms with Gasteiger partial charge in [0.15, 0.2) is 0 Å². The highest BCUT2D eigenvalue weighted by Gasteiger charge is 2.24. The van der Waals surface area contributed by atoms with Crippen molar-refractivity contribution in [3.8, 4) is 22.6 Å². The Hall–Kier alpha value is -2.74. The van der Waals surface area contributed by atoms with Gasteiger partial charge in [0.2, 0.25) is 0 Å². The highest BCUT2D eigenvalue weighted by molar-refractivity contribution is 5.69. The molecule has 0 aliphatic rings. The van der Waals surface area contributed by atoms with Crippen molar-refractivity contribution in [2.75, 3.05) is 0 Å². The van der Waals surface area contributed by atoms with Crippen LogP contribution >= 0.6 is 0 Å². The number of phenols is 2. The molecule has 25 heavy (non-hydrogen) atoms. The molecule has 0 heterocycles. The molecule has 2 heteroatoms. The second kappa shape index (κ2) is 6.64. The predicted molar refractivity (Wildman–Crippen MR) is 103 cm³/mol. The van der Waals surface area contributed by atoms with Crippen LogP contribution in [-0.2, 0) is 11.8 Å². The molecule has 2 nitrogen and oxygen atoms in total. The first kappa shape index (κ1) is 17.1. The molecule has 0 aliphatic heterocycles. The standard InChI is InChI=1S/C23H24O2/c1-4-16-5-8-19(15-22(16)17-6-11-20(24)12-7-17)23(2,3)18-9-13-21(25)14-10-18/h5-15,24-25H,4H2,1-3H3. The summed E-state index contributed by atoms with van der Waals surface area (Å²) >= 11 is 0. The van der Waals surface area contributed by atoms with E-state index in [1.807, 2.05) is 24.3 Å². The summed E-state index contributed by atoms with van der Waals surface area (Å²) in [6.07, 6.45) is 0.954. The number of benzene rings is 3. The van der Waals surface area contributed by atoms with Gasteiger partial charge in [-0.2, -0.15) is 0 Å². The number of phenolic OH excluding ortho intramolecular Hbond substituents is 2. The number of aromatic hydroxyl groups is 2. The third kappa shape index (κ3) is 3.39. The summed E-state index contributed by atoms with van der Waals surface area (Å²) in [7, 11) is 0. The zero-order valence-corrected chi connectivity index (χ0v) is 15.0. The van der Waals surface area contributed by atoms with Crippen LogP contribution < -0.4 is 0 Å². The molecule has 0 spiro atoms. The number of hydrogen-bond donors (Lipinski definition) is 2. The van der Waals surface area contributed by atoms with Crippen molar-refractivity contribution in [1.82, 2.24) is 0 Å². The topological polar surface area (TPSA) is 40.5 Å². The Labute approximate surface area is 149 Å². The largest absolute Gasteiger partial charge is 0.508 e. The lowest BCUT2D eigenvalue weighted by Gasteiger charge is -2.27. The van der Waals surface area contributed by atoms with Gasteiger partial charge in [-0.3, -0.25) is 0 Å². The van der Waals surface area contributed by atoms with Crippen LogP contribution in [-0.4, -0.2) is 10.2 Å². The molecule has 0 amide bonds. The minimum absolute atomic E-state index is 0.175. The van der Waals surface area contributed by atoms with Crippen LogP contribution in [0.25, 0.3) is 11.1 Å². The summed E-state index contributed by atoms with van der Waals surface area (Å²) < 4.78 is 0. The van der Waals surface area contributed by atoms with E-state index in [1.165, 1.54) is 16.7 Å². The minimum Gasteiger partial charge on any atom is -0.508 e. The third-order valence-corrected chi connectivity index (χ3v) is 4.98. The van der Waals surface area contributed by atoms with Gasteiger partial charge >= 0.3 is 0 Å². The van der Waals surface area contributed by atoms with E-state index in [1.54, 1.807) is 24.3 Å². The van der Waals surface area contributed by atoms with Gasteiger partial charge in [-0.1, -0.05) is 57.2 Å². The summed E-state index contributed by atoms with van der Waals surface area (Å²) in [4.78, 5) is 0. The van der Waals surface area contributed by atoms with Gasteiger partial charge in [-0.15, -0.1) is 0 Å². The van der Waals surface area contributed by atoms with Crippen molar-refractivity contribution >= 4 is 0 Å². The quantitative estimate of drug-likeness (QED) is 0.648. The normalized spacial score (nSPS) is 11.5. The lowest BCUT2D eigenvalue weighted by molar-refractivity contribution is 0.474. The van der Waals surface area contributed by atoms with Crippen molar-refractivity contribution < 1.29 is 10.2 Å². The number of rotatable bonds is 4. The molecule has 0 saturated heterocycles. The fourth-order valence-corrected chi connectivity index (χ4v) is 3.23. The molecule has 0 fully saturated rings. The monoisotopic (exact) mass is 332 g/mol. The molecule has 3 aromatic carbocycles. The smallest absolute Gasteiger partial charge is 0.115 e. The molecule has 3 aromatic rings. The van der Waals surface area contributed by atoms with Gasteiger partial charge in [0.25, 0.3) is 0 Å². The van der Waals surface area contributed by atoms with E-state index in [9.17, 15) is 10.2 Å². The molecule has 0 saturated carbocycles. The fourth-order valence-electron chi connectivity index (χ4n) is 3.23. The van der Waals surface area contributed by atoms with Gasteiger partial charge in [0.05, 0.1) is 0 Å². The van der Waals surface area contributed by atoms with Crippen LogP contribution in [0.2, 0.25) is 0 Å². The highest BCUT2D eigenvalue weighted by atomic mass is 16.3. The zero-order valence-electron chi connectivity index (χ0n) is 15.0. The molecule has 3 rings (SSSR count). The van der Waals surface area contributed by atoms with Crippen LogP contribution in [0, 0.1) is 0 Å². The van der Waals surface area contributed by atoms with Gasteiger partial charge < -0.3 is 10.2 Å². The van der Waals surface area contributed by atoms with Crippen LogP contribution in [0.4, 0.5) is 0 Å². The molecule has 2 N–H and O–H groups in total. The number of aryl methyl sites for hydroxylation is 1. The average molecular weight is 332 g/mol. The van der Waals surface area contributed by atoms with Gasteiger partial charge in [0, 0.05) is 5.41 Å². The average Bonchev–Trinajstić information content (AvgIpc) is 2.62. The molecule has 0 aliphatic carbocycles. The van der Waals surface area contributed by atoms with E-state index < -0.39 is 0 Å². The third-order valence-electron chi connectivity index (χ3n) is 4.98. The summed E-state index contributed by atoms with van der Waals surface area (Å²) in [5.41, 5.74) is 5.80. The maximum atomic E-state index is 9.56. The van der Waals surface area contributed by atoms with Gasteiger partial charge in [-0.05, 0) is 64.6 Å². The van der Waals surface area contributed by atoms with Gasteiger partial charge in [0.1, 0.15) is 11.5 Å². The van der Waals surface area contributed by atoms with Crippen molar-refractivity contribution in [3.63, 3.8) is 0 Å². The second-order valence-corrected chi connectivity index (χ2v) is 6.94. The van der Waals surface area contributed by atoms with Gasteiger partial charge in [-0.25, -0.2) is 0 Å². The van der Waals surface area contributed by atoms with E-state index in [-0.39, 0.29) is 16.9 Å².